The van der Waals surface area contributed by atoms with Crippen LogP contribution in [0.2, 0.25) is 0 Å². The van der Waals surface area contributed by atoms with Crippen molar-refractivity contribution in [1.82, 2.24) is 0 Å². The molecule has 0 unspecified atom stereocenters. The predicted octanol–water partition coefficient (Wildman–Crippen LogP) is 4.24. The van der Waals surface area contributed by atoms with Crippen LogP contribution in [0.5, 0.6) is 5.75 Å². The maximum Gasteiger partial charge on any atom is 0.326 e. The zero-order chi connectivity index (χ0) is 18.4. The Morgan fingerprint density at radius 1 is 1.04 bits per heavy atom. The number of hydrogen-bond donors (Lipinski definition) is 0. The molecular formula is C20H26O5. The molecule has 0 bridgehead atoms. The molecule has 0 aliphatic rings. The summed E-state index contributed by atoms with van der Waals surface area (Å²) in [6, 6.07) is 11.7. The van der Waals surface area contributed by atoms with Crippen molar-refractivity contribution in [3.63, 3.8) is 0 Å². The first kappa shape index (κ1) is 19.2. The Bertz CT molecular complexity index is 719. The molecule has 1 atom stereocenters. The highest BCUT2D eigenvalue weighted by Gasteiger charge is 2.32. The highest BCUT2D eigenvalue weighted by atomic mass is 16.9. The molecule has 5 nitrogen and oxygen atoms in total. The number of ether oxygens (including phenoxy) is 4. The van der Waals surface area contributed by atoms with Gasteiger partial charge in [0.05, 0.1) is 26.2 Å². The Hall–Kier alpha value is -2.11. The van der Waals surface area contributed by atoms with Crippen LogP contribution >= 0.6 is 0 Å². The van der Waals surface area contributed by atoms with E-state index in [0.29, 0.717) is 13.2 Å². The highest BCUT2D eigenvalue weighted by Crippen LogP contribution is 2.27. The lowest BCUT2D eigenvalue weighted by Crippen LogP contribution is -2.39. The summed E-state index contributed by atoms with van der Waals surface area (Å²) in [5, 5.41) is 2.09. The van der Waals surface area contributed by atoms with Crippen LogP contribution in [-0.2, 0) is 19.0 Å². The quantitative estimate of drug-likeness (QED) is 0.528. The third-order valence-electron chi connectivity index (χ3n) is 4.02. The highest BCUT2D eigenvalue weighted by molar-refractivity contribution is 5.86. The summed E-state index contributed by atoms with van der Waals surface area (Å²) in [6.45, 7) is 7.84. The van der Waals surface area contributed by atoms with Crippen molar-refractivity contribution in [2.75, 3.05) is 20.3 Å². The summed E-state index contributed by atoms with van der Waals surface area (Å²) in [7, 11) is 1.64. The van der Waals surface area contributed by atoms with Crippen molar-refractivity contribution < 1.29 is 23.7 Å². The van der Waals surface area contributed by atoms with Crippen molar-refractivity contribution in [2.24, 2.45) is 0 Å². The summed E-state index contributed by atoms with van der Waals surface area (Å²) < 4.78 is 21.6. The maximum absolute atomic E-state index is 12.5. The molecule has 5 heteroatoms. The number of rotatable bonds is 8. The molecule has 2 rings (SSSR count). The molecule has 25 heavy (non-hydrogen) atoms. The van der Waals surface area contributed by atoms with E-state index in [9.17, 15) is 4.79 Å². The van der Waals surface area contributed by atoms with Crippen molar-refractivity contribution in [1.29, 1.82) is 0 Å². The lowest BCUT2D eigenvalue weighted by molar-refractivity contribution is -0.350. The molecule has 136 valence electrons. The molecule has 0 aromatic heterocycles. The number of esters is 1. The standard InChI is InChI=1S/C20H26O5/c1-6-23-20(4,24-7-2)25-19(21)14(3)15-8-9-17-13-18(22-5)11-10-16(17)12-15/h8-14H,6-7H2,1-5H3/t14-/m0/s1. The Balaban J connectivity index is 2.19. The van der Waals surface area contributed by atoms with Crippen LogP contribution in [0.15, 0.2) is 36.4 Å². The zero-order valence-corrected chi connectivity index (χ0v) is 15.5. The van der Waals surface area contributed by atoms with Gasteiger partial charge >= 0.3 is 11.9 Å². The maximum atomic E-state index is 12.5. The van der Waals surface area contributed by atoms with Gasteiger partial charge in [-0.05, 0) is 49.2 Å². The van der Waals surface area contributed by atoms with Crippen molar-refractivity contribution in [3.8, 4) is 5.75 Å². The average molecular weight is 346 g/mol. The first-order valence-electron chi connectivity index (χ1n) is 8.51. The molecule has 0 aliphatic heterocycles. The SMILES string of the molecule is CCOC(C)(OCC)OC(=O)[C@@H](C)c1ccc2cc(OC)ccc2c1. The molecule has 0 fully saturated rings. The summed E-state index contributed by atoms with van der Waals surface area (Å²) in [5.74, 6) is -1.39. The van der Waals surface area contributed by atoms with Gasteiger partial charge in [-0.25, -0.2) is 0 Å². The van der Waals surface area contributed by atoms with Gasteiger partial charge in [0.25, 0.3) is 0 Å². The fraction of sp³-hybridized carbons (Fsp3) is 0.450. The second kappa shape index (κ2) is 8.32. The van der Waals surface area contributed by atoms with Crippen LogP contribution in [0.3, 0.4) is 0 Å². The molecule has 0 amide bonds. The van der Waals surface area contributed by atoms with Gasteiger partial charge in [-0.2, -0.15) is 0 Å². The first-order chi connectivity index (χ1) is 11.9. The van der Waals surface area contributed by atoms with Gasteiger partial charge in [-0.3, -0.25) is 4.79 Å². The monoisotopic (exact) mass is 346 g/mol. The van der Waals surface area contributed by atoms with Gasteiger partial charge in [0, 0.05) is 6.92 Å². The summed E-state index contributed by atoms with van der Waals surface area (Å²) in [5.41, 5.74) is 0.873. The molecular weight excluding hydrogens is 320 g/mol. The normalized spacial score (nSPS) is 12.8. The Morgan fingerprint density at radius 2 is 1.64 bits per heavy atom. The van der Waals surface area contributed by atoms with Gasteiger partial charge in [0.2, 0.25) is 0 Å². The molecule has 0 N–H and O–H groups in total. The second-order valence-corrected chi connectivity index (χ2v) is 5.84. The number of benzene rings is 2. The Morgan fingerprint density at radius 3 is 2.24 bits per heavy atom. The van der Waals surface area contributed by atoms with E-state index in [-0.39, 0.29) is 0 Å². The minimum Gasteiger partial charge on any atom is -0.497 e. The Labute approximate surface area is 148 Å². The van der Waals surface area contributed by atoms with E-state index in [1.165, 1.54) is 0 Å². The van der Waals surface area contributed by atoms with Crippen LogP contribution in [0, 0.1) is 0 Å². The fourth-order valence-corrected chi connectivity index (χ4v) is 2.67. The zero-order valence-electron chi connectivity index (χ0n) is 15.5. The number of methoxy groups -OCH3 is 1. The molecule has 0 radical (unpaired) electrons. The molecule has 2 aromatic rings. The third-order valence-corrected chi connectivity index (χ3v) is 4.02. The van der Waals surface area contributed by atoms with E-state index in [1.807, 2.05) is 57.2 Å². The van der Waals surface area contributed by atoms with E-state index in [0.717, 1.165) is 22.1 Å². The fourth-order valence-electron chi connectivity index (χ4n) is 2.67. The van der Waals surface area contributed by atoms with Gasteiger partial charge in [-0.1, -0.05) is 24.3 Å². The first-order valence-corrected chi connectivity index (χ1v) is 8.51. The van der Waals surface area contributed by atoms with Crippen LogP contribution in [0.1, 0.15) is 39.2 Å². The predicted molar refractivity (Wildman–Crippen MR) is 96.7 cm³/mol. The van der Waals surface area contributed by atoms with E-state index in [4.69, 9.17) is 18.9 Å². The Kier molecular flexibility index (Phi) is 6.39. The third kappa shape index (κ3) is 4.71. The van der Waals surface area contributed by atoms with E-state index in [2.05, 4.69) is 0 Å². The minimum atomic E-state index is -1.36. The lowest BCUT2D eigenvalue weighted by Gasteiger charge is -2.29. The average Bonchev–Trinajstić information content (AvgIpc) is 2.60. The van der Waals surface area contributed by atoms with Crippen molar-refractivity contribution in [2.45, 2.75) is 39.6 Å². The van der Waals surface area contributed by atoms with Crippen LogP contribution < -0.4 is 4.74 Å². The lowest BCUT2D eigenvalue weighted by atomic mass is 9.98. The molecule has 0 spiro atoms. The largest absolute Gasteiger partial charge is 0.497 e. The van der Waals surface area contributed by atoms with Crippen LogP contribution in [0.4, 0.5) is 0 Å². The van der Waals surface area contributed by atoms with E-state index < -0.39 is 17.9 Å². The smallest absolute Gasteiger partial charge is 0.326 e. The van der Waals surface area contributed by atoms with Crippen LogP contribution in [-0.4, -0.2) is 32.3 Å². The number of carbonyl (C=O) groups is 1. The molecule has 2 aromatic carbocycles. The van der Waals surface area contributed by atoms with E-state index in [1.54, 1.807) is 14.0 Å². The minimum absolute atomic E-state index is 0.385. The summed E-state index contributed by atoms with van der Waals surface area (Å²) >= 11 is 0. The number of hydrogen-bond acceptors (Lipinski definition) is 5. The number of fused-ring (bicyclic) bond motifs is 1. The van der Waals surface area contributed by atoms with Gasteiger partial charge in [0.1, 0.15) is 5.75 Å². The molecule has 0 saturated carbocycles. The number of carbonyl (C=O) groups excluding carboxylic acids is 1. The van der Waals surface area contributed by atoms with Gasteiger partial charge < -0.3 is 18.9 Å². The molecule has 0 aliphatic carbocycles. The molecule has 0 heterocycles. The van der Waals surface area contributed by atoms with Crippen LogP contribution in [0.25, 0.3) is 10.8 Å². The molecule has 0 saturated heterocycles. The van der Waals surface area contributed by atoms with Crippen molar-refractivity contribution in [3.05, 3.63) is 42.0 Å². The topological polar surface area (TPSA) is 54.0 Å². The summed E-state index contributed by atoms with van der Waals surface area (Å²) in [6.07, 6.45) is 0. The second-order valence-electron chi connectivity index (χ2n) is 5.84. The van der Waals surface area contributed by atoms with E-state index >= 15 is 0 Å². The van der Waals surface area contributed by atoms with Gasteiger partial charge in [-0.15, -0.1) is 0 Å². The van der Waals surface area contributed by atoms with Gasteiger partial charge in [0.15, 0.2) is 0 Å². The summed E-state index contributed by atoms with van der Waals surface area (Å²) in [4.78, 5) is 12.5. The van der Waals surface area contributed by atoms with Crippen molar-refractivity contribution >= 4 is 16.7 Å².